The molecule has 1 atom stereocenters. The Morgan fingerprint density at radius 2 is 1.87 bits per heavy atom. The van der Waals surface area contributed by atoms with Gasteiger partial charge in [-0.25, -0.2) is 0 Å². The van der Waals surface area contributed by atoms with Crippen LogP contribution in [0.4, 0.5) is 0 Å². The van der Waals surface area contributed by atoms with Gasteiger partial charge in [0.15, 0.2) is 0 Å². The highest BCUT2D eigenvalue weighted by Crippen LogP contribution is 2.26. The van der Waals surface area contributed by atoms with Crippen LogP contribution in [0.2, 0.25) is 0 Å². The van der Waals surface area contributed by atoms with Gasteiger partial charge in [0.2, 0.25) is 5.91 Å². The van der Waals surface area contributed by atoms with Gasteiger partial charge in [-0.05, 0) is 35.6 Å². The van der Waals surface area contributed by atoms with Crippen LogP contribution >= 0.6 is 0 Å². The Morgan fingerprint density at radius 3 is 2.65 bits per heavy atom. The lowest BCUT2D eigenvalue weighted by molar-refractivity contribution is -0.119. The molecule has 0 saturated carbocycles. The van der Waals surface area contributed by atoms with Gasteiger partial charge in [-0.3, -0.25) is 9.69 Å². The second kappa shape index (κ2) is 7.42. The fourth-order valence-corrected chi connectivity index (χ4v) is 3.31. The predicted octanol–water partition coefficient (Wildman–Crippen LogP) is 3.31. The van der Waals surface area contributed by atoms with Crippen molar-refractivity contribution in [2.75, 3.05) is 19.6 Å². The van der Waals surface area contributed by atoms with Crippen LogP contribution in [0.25, 0.3) is 11.1 Å². The van der Waals surface area contributed by atoms with Gasteiger partial charge in [-0.2, -0.15) is 0 Å². The second-order valence-corrected chi connectivity index (χ2v) is 6.35. The first-order valence-corrected chi connectivity index (χ1v) is 8.32. The minimum absolute atomic E-state index is 0.0675. The van der Waals surface area contributed by atoms with E-state index in [1.165, 1.54) is 16.7 Å². The fraction of sp³-hybridized carbons (Fsp3) is 0.350. The van der Waals surface area contributed by atoms with E-state index in [4.69, 9.17) is 0 Å². The Kier molecular flexibility index (Phi) is 5.09. The highest BCUT2D eigenvalue weighted by molar-refractivity contribution is 5.72. The summed E-state index contributed by atoms with van der Waals surface area (Å²) in [5.41, 5.74) is 3.97. The third-order valence-electron chi connectivity index (χ3n) is 4.51. The van der Waals surface area contributed by atoms with Crippen LogP contribution in [0.1, 0.15) is 18.9 Å². The summed E-state index contributed by atoms with van der Waals surface area (Å²) in [7, 11) is 0. The number of hydrogen-bond donors (Lipinski definition) is 1. The maximum absolute atomic E-state index is 11.0. The molecule has 1 aliphatic rings. The maximum atomic E-state index is 11.0. The molecule has 1 aliphatic heterocycles. The van der Waals surface area contributed by atoms with E-state index >= 15 is 0 Å². The van der Waals surface area contributed by atoms with E-state index in [1.807, 2.05) is 0 Å². The number of nitrogens with zero attached hydrogens (tertiary/aromatic N) is 1. The summed E-state index contributed by atoms with van der Waals surface area (Å²) in [4.78, 5) is 13.5. The maximum Gasteiger partial charge on any atom is 0.216 e. The van der Waals surface area contributed by atoms with Gasteiger partial charge < -0.3 is 5.32 Å². The van der Waals surface area contributed by atoms with Gasteiger partial charge in [0.25, 0.3) is 0 Å². The molecule has 0 aliphatic carbocycles. The topological polar surface area (TPSA) is 32.3 Å². The quantitative estimate of drug-likeness (QED) is 0.919. The number of nitrogens with one attached hydrogen (secondary N) is 1. The van der Waals surface area contributed by atoms with Gasteiger partial charge >= 0.3 is 0 Å². The van der Waals surface area contributed by atoms with Crippen LogP contribution in [0.15, 0.2) is 54.6 Å². The third-order valence-corrected chi connectivity index (χ3v) is 4.51. The monoisotopic (exact) mass is 308 g/mol. The Morgan fingerprint density at radius 1 is 1.13 bits per heavy atom. The number of likely N-dealkylation sites (tertiary alicyclic amines) is 1. The zero-order chi connectivity index (χ0) is 16.1. The van der Waals surface area contributed by atoms with Crippen LogP contribution in [0.3, 0.4) is 0 Å². The summed E-state index contributed by atoms with van der Waals surface area (Å²) in [5, 5.41) is 2.94. The number of carbonyl (C=O) groups is 1. The van der Waals surface area contributed by atoms with Crippen molar-refractivity contribution in [3.05, 3.63) is 60.2 Å². The zero-order valence-corrected chi connectivity index (χ0v) is 13.7. The zero-order valence-electron chi connectivity index (χ0n) is 13.7. The molecular weight excluding hydrogens is 284 g/mol. The van der Waals surface area contributed by atoms with Crippen molar-refractivity contribution in [1.29, 1.82) is 0 Å². The molecule has 1 saturated heterocycles. The molecular formula is C20H24N2O. The van der Waals surface area contributed by atoms with E-state index in [0.717, 1.165) is 32.6 Å². The largest absolute Gasteiger partial charge is 0.356 e. The SMILES string of the molecule is CC(=O)NC[C@@H]1CCN(Cc2ccccc2-c2ccccc2)C1. The molecule has 1 heterocycles. The van der Waals surface area contributed by atoms with Crippen LogP contribution in [-0.4, -0.2) is 30.4 Å². The van der Waals surface area contributed by atoms with Crippen molar-refractivity contribution < 1.29 is 4.79 Å². The van der Waals surface area contributed by atoms with Crippen molar-refractivity contribution in [2.45, 2.75) is 19.9 Å². The van der Waals surface area contributed by atoms with Crippen molar-refractivity contribution in [2.24, 2.45) is 5.92 Å². The van der Waals surface area contributed by atoms with Crippen LogP contribution in [0, 0.1) is 5.92 Å². The first kappa shape index (κ1) is 15.8. The molecule has 1 amide bonds. The summed E-state index contributed by atoms with van der Waals surface area (Å²) in [6.45, 7) is 5.52. The van der Waals surface area contributed by atoms with E-state index in [9.17, 15) is 4.79 Å². The lowest BCUT2D eigenvalue weighted by Gasteiger charge is -2.19. The molecule has 23 heavy (non-hydrogen) atoms. The smallest absolute Gasteiger partial charge is 0.216 e. The molecule has 1 N–H and O–H groups in total. The van der Waals surface area contributed by atoms with Crippen LogP contribution < -0.4 is 5.32 Å². The highest BCUT2D eigenvalue weighted by Gasteiger charge is 2.23. The van der Waals surface area contributed by atoms with Crippen molar-refractivity contribution >= 4 is 5.91 Å². The lowest BCUT2D eigenvalue weighted by Crippen LogP contribution is -2.29. The number of hydrogen-bond acceptors (Lipinski definition) is 2. The van der Waals surface area contributed by atoms with Crippen molar-refractivity contribution in [3.8, 4) is 11.1 Å². The normalized spacial score (nSPS) is 18.0. The van der Waals surface area contributed by atoms with Gasteiger partial charge in [0.1, 0.15) is 0 Å². The number of benzene rings is 2. The first-order chi connectivity index (χ1) is 11.2. The standard InChI is InChI=1S/C20H24N2O/c1-16(23)21-13-17-11-12-22(14-17)15-19-9-5-6-10-20(19)18-7-3-2-4-8-18/h2-10,17H,11-15H2,1H3,(H,21,23)/t17-/m0/s1. The van der Waals surface area contributed by atoms with E-state index in [2.05, 4.69) is 64.8 Å². The van der Waals surface area contributed by atoms with E-state index < -0.39 is 0 Å². The third kappa shape index (κ3) is 4.20. The Bertz CT molecular complexity index is 654. The molecule has 3 heteroatoms. The summed E-state index contributed by atoms with van der Waals surface area (Å²) in [6, 6.07) is 19.2. The molecule has 0 spiro atoms. The number of rotatable bonds is 5. The van der Waals surface area contributed by atoms with E-state index in [1.54, 1.807) is 6.92 Å². The number of amides is 1. The van der Waals surface area contributed by atoms with Gasteiger partial charge in [0, 0.05) is 26.6 Å². The van der Waals surface area contributed by atoms with Gasteiger partial charge in [-0.1, -0.05) is 54.6 Å². The molecule has 0 bridgehead atoms. The minimum Gasteiger partial charge on any atom is -0.356 e. The molecule has 2 aromatic carbocycles. The summed E-state index contributed by atoms with van der Waals surface area (Å²) in [5.74, 6) is 0.640. The molecule has 0 radical (unpaired) electrons. The molecule has 0 unspecified atom stereocenters. The van der Waals surface area contributed by atoms with Crippen LogP contribution in [0.5, 0.6) is 0 Å². The minimum atomic E-state index is 0.0675. The summed E-state index contributed by atoms with van der Waals surface area (Å²) >= 11 is 0. The highest BCUT2D eigenvalue weighted by atomic mass is 16.1. The molecule has 3 rings (SSSR count). The predicted molar refractivity (Wildman–Crippen MR) is 93.9 cm³/mol. The van der Waals surface area contributed by atoms with Crippen LogP contribution in [-0.2, 0) is 11.3 Å². The summed E-state index contributed by atoms with van der Waals surface area (Å²) < 4.78 is 0. The average Bonchev–Trinajstić information content (AvgIpc) is 3.02. The number of carbonyl (C=O) groups excluding carboxylic acids is 1. The summed E-state index contributed by atoms with van der Waals surface area (Å²) in [6.07, 6.45) is 1.16. The molecule has 0 aromatic heterocycles. The first-order valence-electron chi connectivity index (χ1n) is 8.32. The molecule has 120 valence electrons. The fourth-order valence-electron chi connectivity index (χ4n) is 3.31. The second-order valence-electron chi connectivity index (χ2n) is 6.35. The Balaban J connectivity index is 1.66. The molecule has 1 fully saturated rings. The van der Waals surface area contributed by atoms with Gasteiger partial charge in [-0.15, -0.1) is 0 Å². The van der Waals surface area contributed by atoms with Crippen molar-refractivity contribution in [3.63, 3.8) is 0 Å². The van der Waals surface area contributed by atoms with E-state index in [0.29, 0.717) is 5.92 Å². The average molecular weight is 308 g/mol. The lowest BCUT2D eigenvalue weighted by atomic mass is 9.99. The Labute approximate surface area is 138 Å². The van der Waals surface area contributed by atoms with E-state index in [-0.39, 0.29) is 5.91 Å². The Hall–Kier alpha value is -2.13. The van der Waals surface area contributed by atoms with Crippen molar-refractivity contribution in [1.82, 2.24) is 10.2 Å². The molecule has 2 aromatic rings. The van der Waals surface area contributed by atoms with Gasteiger partial charge in [0.05, 0.1) is 0 Å². The molecule has 3 nitrogen and oxygen atoms in total.